The molecule has 0 radical (unpaired) electrons. The lowest BCUT2D eigenvalue weighted by Gasteiger charge is -1.95. The molecule has 0 saturated carbocycles. The Morgan fingerprint density at radius 1 is 1.33 bits per heavy atom. The molecule has 1 aliphatic rings. The second-order valence-corrected chi connectivity index (χ2v) is 4.30. The zero-order chi connectivity index (χ0) is 12.7. The van der Waals surface area contributed by atoms with Crippen molar-refractivity contribution in [3.8, 4) is 5.88 Å². The van der Waals surface area contributed by atoms with E-state index in [9.17, 15) is 5.11 Å². The summed E-state index contributed by atoms with van der Waals surface area (Å²) in [5.41, 5.74) is 1.67. The van der Waals surface area contributed by atoms with Gasteiger partial charge in [-0.3, -0.25) is 4.99 Å². The average Bonchev–Trinajstić information content (AvgIpc) is 2.92. The van der Waals surface area contributed by atoms with Gasteiger partial charge in [0.05, 0.1) is 5.36 Å². The molecule has 1 aromatic heterocycles. The van der Waals surface area contributed by atoms with E-state index in [2.05, 4.69) is 9.98 Å². The first-order valence-electron chi connectivity index (χ1n) is 5.74. The van der Waals surface area contributed by atoms with Crippen molar-refractivity contribution in [3.05, 3.63) is 52.1 Å². The average molecular weight is 239 g/mol. The Morgan fingerprint density at radius 3 is 2.89 bits per heavy atom. The summed E-state index contributed by atoms with van der Waals surface area (Å²) in [6.07, 6.45) is 5.61. The normalized spacial score (nSPS) is 13.8. The van der Waals surface area contributed by atoms with Crippen molar-refractivity contribution in [1.82, 2.24) is 9.55 Å². The summed E-state index contributed by atoms with van der Waals surface area (Å²) in [6.45, 7) is 1.86. The molecule has 0 spiro atoms. The van der Waals surface area contributed by atoms with Crippen molar-refractivity contribution < 1.29 is 5.11 Å². The van der Waals surface area contributed by atoms with E-state index in [0.717, 1.165) is 22.0 Å². The molecule has 0 saturated heterocycles. The number of hydrogen-bond donors (Lipinski definition) is 1. The lowest BCUT2D eigenvalue weighted by Crippen LogP contribution is -2.25. The summed E-state index contributed by atoms with van der Waals surface area (Å²) in [5, 5.41) is 11.8. The zero-order valence-corrected chi connectivity index (χ0v) is 10.3. The van der Waals surface area contributed by atoms with Crippen LogP contribution in [0.1, 0.15) is 17.1 Å². The van der Waals surface area contributed by atoms with Crippen LogP contribution in [0.2, 0.25) is 0 Å². The SMILES string of the molecule is Cc1nc(/C=c2\cccc3c2=NC=C3)c(O)n1C. The van der Waals surface area contributed by atoms with Crippen LogP contribution in [0.3, 0.4) is 0 Å². The number of fused-ring (bicyclic) bond motifs is 1. The molecule has 0 bridgehead atoms. The van der Waals surface area contributed by atoms with Crippen LogP contribution in [-0.2, 0) is 7.05 Å². The number of benzene rings is 1. The Kier molecular flexibility index (Phi) is 2.30. The van der Waals surface area contributed by atoms with Gasteiger partial charge in [0.2, 0.25) is 5.88 Å². The molecule has 0 atom stereocenters. The van der Waals surface area contributed by atoms with E-state index >= 15 is 0 Å². The molecule has 2 heterocycles. The predicted octanol–water partition coefficient (Wildman–Crippen LogP) is 0.867. The number of rotatable bonds is 1. The molecule has 0 unspecified atom stereocenters. The van der Waals surface area contributed by atoms with Crippen LogP contribution in [0.15, 0.2) is 29.4 Å². The predicted molar refractivity (Wildman–Crippen MR) is 69.4 cm³/mol. The summed E-state index contributed by atoms with van der Waals surface area (Å²) in [7, 11) is 1.79. The highest BCUT2D eigenvalue weighted by molar-refractivity contribution is 5.56. The summed E-state index contributed by atoms with van der Waals surface area (Å²) in [5.74, 6) is 0.956. The Labute approximate surface area is 104 Å². The number of hydrogen-bond acceptors (Lipinski definition) is 3. The number of aryl methyl sites for hydroxylation is 1. The van der Waals surface area contributed by atoms with E-state index in [1.807, 2.05) is 37.3 Å². The van der Waals surface area contributed by atoms with Crippen LogP contribution >= 0.6 is 0 Å². The fourth-order valence-corrected chi connectivity index (χ4v) is 2.04. The van der Waals surface area contributed by atoms with E-state index in [-0.39, 0.29) is 5.88 Å². The van der Waals surface area contributed by atoms with Crippen LogP contribution in [0.4, 0.5) is 0 Å². The van der Waals surface area contributed by atoms with E-state index in [1.165, 1.54) is 0 Å². The van der Waals surface area contributed by atoms with E-state index < -0.39 is 0 Å². The van der Waals surface area contributed by atoms with Gasteiger partial charge < -0.3 is 9.67 Å². The maximum absolute atomic E-state index is 9.95. The minimum atomic E-state index is 0.177. The molecule has 1 N–H and O–H groups in total. The first kappa shape index (κ1) is 10.8. The Morgan fingerprint density at radius 2 is 2.17 bits per heavy atom. The van der Waals surface area contributed by atoms with E-state index in [4.69, 9.17) is 0 Å². The van der Waals surface area contributed by atoms with Gasteiger partial charge in [-0.05, 0) is 19.1 Å². The molecule has 1 aliphatic heterocycles. The Hall–Kier alpha value is -2.36. The summed E-state index contributed by atoms with van der Waals surface area (Å²) >= 11 is 0. The fourth-order valence-electron chi connectivity index (χ4n) is 2.04. The molecule has 4 heteroatoms. The largest absolute Gasteiger partial charge is 0.493 e. The topological polar surface area (TPSA) is 50.4 Å². The van der Waals surface area contributed by atoms with Crippen LogP contribution in [0.5, 0.6) is 5.88 Å². The van der Waals surface area contributed by atoms with Gasteiger partial charge in [0.15, 0.2) is 0 Å². The van der Waals surface area contributed by atoms with E-state index in [1.54, 1.807) is 17.8 Å². The monoisotopic (exact) mass is 239 g/mol. The second-order valence-electron chi connectivity index (χ2n) is 4.30. The standard InChI is InChI=1S/C14H13N3O/c1-9-16-12(14(18)17(9)2)8-11-5-3-4-10-6-7-15-13(10)11/h3-8,18H,1-2H3/b11-8+. The summed E-state index contributed by atoms with van der Waals surface area (Å²) < 4.78 is 1.66. The lowest BCUT2D eigenvalue weighted by atomic mass is 10.1. The first-order chi connectivity index (χ1) is 8.66. The van der Waals surface area contributed by atoms with E-state index in [0.29, 0.717) is 5.69 Å². The van der Waals surface area contributed by atoms with Crippen LogP contribution in [0.25, 0.3) is 12.2 Å². The smallest absolute Gasteiger partial charge is 0.218 e. The van der Waals surface area contributed by atoms with Gasteiger partial charge in [0.1, 0.15) is 11.5 Å². The van der Waals surface area contributed by atoms with Crippen molar-refractivity contribution in [3.63, 3.8) is 0 Å². The molecule has 0 fully saturated rings. The molecule has 4 nitrogen and oxygen atoms in total. The molecule has 0 aliphatic carbocycles. The van der Waals surface area contributed by atoms with Gasteiger partial charge in [-0.25, -0.2) is 4.98 Å². The lowest BCUT2D eigenvalue weighted by molar-refractivity contribution is 0.429. The fraction of sp³-hybridized carbons (Fsp3) is 0.143. The van der Waals surface area contributed by atoms with Crippen LogP contribution in [-0.4, -0.2) is 14.7 Å². The van der Waals surface area contributed by atoms with Crippen molar-refractivity contribution >= 4 is 12.2 Å². The van der Waals surface area contributed by atoms with Gasteiger partial charge in [0, 0.05) is 24.0 Å². The van der Waals surface area contributed by atoms with Gasteiger partial charge >= 0.3 is 0 Å². The van der Waals surface area contributed by atoms with Gasteiger partial charge in [0.25, 0.3) is 0 Å². The summed E-state index contributed by atoms with van der Waals surface area (Å²) in [4.78, 5) is 8.65. The molecule has 1 aromatic carbocycles. The number of nitrogens with zero attached hydrogens (tertiary/aromatic N) is 3. The van der Waals surface area contributed by atoms with Gasteiger partial charge in [-0.2, -0.15) is 0 Å². The molecule has 2 aromatic rings. The van der Waals surface area contributed by atoms with Crippen LogP contribution < -0.4 is 10.6 Å². The minimum absolute atomic E-state index is 0.177. The Bertz CT molecular complexity index is 769. The number of aromatic nitrogens is 2. The minimum Gasteiger partial charge on any atom is -0.493 e. The third kappa shape index (κ3) is 1.54. The molecular weight excluding hydrogens is 226 g/mol. The highest BCUT2D eigenvalue weighted by atomic mass is 16.3. The van der Waals surface area contributed by atoms with Gasteiger partial charge in [-0.1, -0.05) is 18.2 Å². The maximum Gasteiger partial charge on any atom is 0.218 e. The highest BCUT2D eigenvalue weighted by Gasteiger charge is 2.08. The molecule has 0 amide bonds. The van der Waals surface area contributed by atoms with Crippen molar-refractivity contribution in [2.45, 2.75) is 6.92 Å². The van der Waals surface area contributed by atoms with Crippen molar-refractivity contribution in [2.24, 2.45) is 12.0 Å². The highest BCUT2D eigenvalue weighted by Crippen LogP contribution is 2.17. The van der Waals surface area contributed by atoms with Crippen molar-refractivity contribution in [1.29, 1.82) is 0 Å². The van der Waals surface area contributed by atoms with Crippen LogP contribution in [0, 0.1) is 6.92 Å². The third-order valence-electron chi connectivity index (χ3n) is 3.16. The number of aromatic hydroxyl groups is 1. The zero-order valence-electron chi connectivity index (χ0n) is 10.3. The second kappa shape index (κ2) is 3.84. The first-order valence-corrected chi connectivity index (χ1v) is 5.74. The molecular formula is C14H13N3O. The van der Waals surface area contributed by atoms with Gasteiger partial charge in [-0.15, -0.1) is 0 Å². The molecule has 3 rings (SSSR count). The number of para-hydroxylation sites is 1. The quantitative estimate of drug-likeness (QED) is 0.802. The Balaban J connectivity index is 2.25. The van der Waals surface area contributed by atoms with Crippen molar-refractivity contribution in [2.75, 3.05) is 0 Å². The third-order valence-corrected chi connectivity index (χ3v) is 3.16. The molecule has 18 heavy (non-hydrogen) atoms. The maximum atomic E-state index is 9.95. The number of imidazole rings is 1. The summed E-state index contributed by atoms with van der Waals surface area (Å²) in [6, 6.07) is 5.96. The molecule has 90 valence electrons.